The minimum absolute atomic E-state index is 1.11. The van der Waals surface area contributed by atoms with Gasteiger partial charge in [0.25, 0.3) is 0 Å². The summed E-state index contributed by atoms with van der Waals surface area (Å²) in [6.45, 7) is 0. The zero-order chi connectivity index (χ0) is 35.8. The Labute approximate surface area is 315 Å². The molecule has 0 N–H and O–H groups in total. The van der Waals surface area contributed by atoms with E-state index in [1.54, 1.807) is 0 Å². The van der Waals surface area contributed by atoms with E-state index in [1.807, 2.05) is 0 Å². The maximum Gasteiger partial charge on any atom is 0.0541 e. The molecule has 0 aliphatic heterocycles. The quantitative estimate of drug-likeness (QED) is 0.162. The van der Waals surface area contributed by atoms with Crippen LogP contribution in [0, 0.1) is 0 Å². The normalized spacial score (nSPS) is 11.3. The van der Waals surface area contributed by atoms with E-state index in [9.17, 15) is 0 Å². The summed E-state index contributed by atoms with van der Waals surface area (Å²) in [7, 11) is 0. The van der Waals surface area contributed by atoms with Crippen molar-refractivity contribution in [2.45, 2.75) is 0 Å². The molecule has 54 heavy (non-hydrogen) atoms. The lowest BCUT2D eigenvalue weighted by atomic mass is 9.93. The van der Waals surface area contributed by atoms with E-state index in [-0.39, 0.29) is 0 Å². The van der Waals surface area contributed by atoms with Crippen LogP contribution in [0.25, 0.3) is 71.6 Å². The lowest BCUT2D eigenvalue weighted by molar-refractivity contribution is 1.18. The van der Waals surface area contributed by atoms with Crippen LogP contribution >= 0.6 is 0 Å². The highest BCUT2D eigenvalue weighted by molar-refractivity contribution is 6.10. The van der Waals surface area contributed by atoms with Crippen molar-refractivity contribution in [2.24, 2.45) is 0 Å². The van der Waals surface area contributed by atoms with Gasteiger partial charge in [-0.2, -0.15) is 0 Å². The number of fused-ring (bicyclic) bond motifs is 4. The summed E-state index contributed by atoms with van der Waals surface area (Å²) >= 11 is 0. The molecular weight excluding hydrogens is 653 g/mol. The summed E-state index contributed by atoms with van der Waals surface area (Å²) in [6.07, 6.45) is 0. The lowest BCUT2D eigenvalue weighted by Crippen LogP contribution is -2.09. The second kappa shape index (κ2) is 13.4. The third kappa shape index (κ3) is 5.62. The Morgan fingerprint density at radius 2 is 0.815 bits per heavy atom. The van der Waals surface area contributed by atoms with E-state index in [0.717, 1.165) is 17.1 Å². The van der Waals surface area contributed by atoms with Gasteiger partial charge in [0.15, 0.2) is 0 Å². The minimum atomic E-state index is 1.11. The van der Waals surface area contributed by atoms with Crippen LogP contribution in [0.2, 0.25) is 0 Å². The first-order valence-corrected chi connectivity index (χ1v) is 18.5. The Hall–Kier alpha value is -7.16. The number of para-hydroxylation sites is 3. The average molecular weight is 689 g/mol. The molecular formula is C52H36N2. The Kier molecular flexibility index (Phi) is 7.85. The van der Waals surface area contributed by atoms with Gasteiger partial charge in [-0.3, -0.25) is 0 Å². The van der Waals surface area contributed by atoms with Gasteiger partial charge in [-0.1, -0.05) is 140 Å². The molecule has 9 aromatic carbocycles. The molecule has 2 heteroatoms. The number of nitrogens with zero attached hydrogens (tertiary/aromatic N) is 2. The van der Waals surface area contributed by atoms with Crippen molar-refractivity contribution in [3.05, 3.63) is 218 Å². The average Bonchev–Trinajstić information content (AvgIpc) is 3.58. The van der Waals surface area contributed by atoms with Gasteiger partial charge in [-0.25, -0.2) is 0 Å². The van der Waals surface area contributed by atoms with Gasteiger partial charge in [0.2, 0.25) is 0 Å². The molecule has 0 radical (unpaired) electrons. The van der Waals surface area contributed by atoms with E-state index < -0.39 is 0 Å². The molecule has 0 aliphatic carbocycles. The maximum atomic E-state index is 2.36. The lowest BCUT2D eigenvalue weighted by Gasteiger charge is -2.26. The van der Waals surface area contributed by atoms with E-state index in [0.29, 0.717) is 0 Å². The summed E-state index contributed by atoms with van der Waals surface area (Å²) < 4.78 is 2.36. The first kappa shape index (κ1) is 31.6. The van der Waals surface area contributed by atoms with Crippen molar-refractivity contribution >= 4 is 49.6 Å². The van der Waals surface area contributed by atoms with Crippen LogP contribution in [-0.2, 0) is 0 Å². The molecule has 2 nitrogen and oxygen atoms in total. The van der Waals surface area contributed by atoms with Crippen LogP contribution in [0.5, 0.6) is 0 Å². The van der Waals surface area contributed by atoms with Crippen molar-refractivity contribution in [3.63, 3.8) is 0 Å². The predicted molar refractivity (Wildman–Crippen MR) is 229 cm³/mol. The van der Waals surface area contributed by atoms with Crippen molar-refractivity contribution in [3.8, 4) is 39.1 Å². The van der Waals surface area contributed by atoms with E-state index >= 15 is 0 Å². The monoisotopic (exact) mass is 688 g/mol. The summed E-state index contributed by atoms with van der Waals surface area (Å²) in [5.41, 5.74) is 14.2. The molecule has 0 fully saturated rings. The Balaban J connectivity index is 1.01. The first-order valence-electron chi connectivity index (χ1n) is 18.5. The zero-order valence-corrected chi connectivity index (χ0v) is 29.7. The van der Waals surface area contributed by atoms with Crippen LogP contribution in [0.4, 0.5) is 17.1 Å². The van der Waals surface area contributed by atoms with Crippen LogP contribution < -0.4 is 4.90 Å². The summed E-state index contributed by atoms with van der Waals surface area (Å²) in [5, 5.41) is 5.02. The van der Waals surface area contributed by atoms with E-state index in [2.05, 4.69) is 228 Å². The third-order valence-corrected chi connectivity index (χ3v) is 10.6. The van der Waals surface area contributed by atoms with Crippen LogP contribution in [0.3, 0.4) is 0 Å². The van der Waals surface area contributed by atoms with Crippen LogP contribution in [0.15, 0.2) is 218 Å². The number of benzene rings is 9. The molecule has 0 atom stereocenters. The molecule has 1 heterocycles. The van der Waals surface area contributed by atoms with Gasteiger partial charge in [-0.05, 0) is 123 Å². The molecule has 0 bridgehead atoms. The number of aromatic nitrogens is 1. The number of hydrogen-bond donors (Lipinski definition) is 0. The Morgan fingerprint density at radius 3 is 1.52 bits per heavy atom. The van der Waals surface area contributed by atoms with Crippen molar-refractivity contribution in [1.82, 2.24) is 4.57 Å². The summed E-state index contributed by atoms with van der Waals surface area (Å²) in [5.74, 6) is 0. The van der Waals surface area contributed by atoms with Crippen molar-refractivity contribution < 1.29 is 0 Å². The standard InChI is InChI=1S/C52H36N2/c1-4-14-39(15-5-1)49-36-42(34-41-16-10-11-21-47(41)49)38-26-31-46(32-27-38)53(43-17-6-2-7-18-43)45-29-24-37(25-30-45)40-28-33-52-50(35-40)48-22-12-13-23-51(48)54(52)44-19-8-3-9-20-44/h1-36H. The minimum Gasteiger partial charge on any atom is -0.311 e. The molecule has 0 aliphatic rings. The maximum absolute atomic E-state index is 2.36. The first-order chi connectivity index (χ1) is 26.8. The second-order valence-corrected chi connectivity index (χ2v) is 13.8. The number of rotatable bonds is 7. The molecule has 0 unspecified atom stereocenters. The third-order valence-electron chi connectivity index (χ3n) is 10.6. The predicted octanol–water partition coefficient (Wildman–Crippen LogP) is 14.4. The molecule has 0 spiro atoms. The highest BCUT2D eigenvalue weighted by Gasteiger charge is 2.16. The number of anilines is 3. The molecule has 0 amide bonds. The van der Waals surface area contributed by atoms with Crippen molar-refractivity contribution in [1.29, 1.82) is 0 Å². The van der Waals surface area contributed by atoms with Gasteiger partial charge < -0.3 is 9.47 Å². The van der Waals surface area contributed by atoms with Gasteiger partial charge >= 0.3 is 0 Å². The highest BCUT2D eigenvalue weighted by atomic mass is 15.1. The van der Waals surface area contributed by atoms with Gasteiger partial charge in [-0.15, -0.1) is 0 Å². The molecule has 1 aromatic heterocycles. The second-order valence-electron chi connectivity index (χ2n) is 13.8. The molecule has 254 valence electrons. The van der Waals surface area contributed by atoms with Crippen LogP contribution in [0.1, 0.15) is 0 Å². The SMILES string of the molecule is c1ccc(-c2cc(-c3ccc(N(c4ccccc4)c4ccc(-c5ccc6c(c5)c5ccccc5n6-c5ccccc5)cc4)cc3)cc3ccccc23)cc1. The zero-order valence-electron chi connectivity index (χ0n) is 29.7. The topological polar surface area (TPSA) is 8.17 Å². The van der Waals surface area contributed by atoms with Crippen LogP contribution in [-0.4, -0.2) is 4.57 Å². The summed E-state index contributed by atoms with van der Waals surface area (Å²) in [6, 6.07) is 78.8. The molecule has 0 saturated carbocycles. The molecule has 10 aromatic rings. The highest BCUT2D eigenvalue weighted by Crippen LogP contribution is 2.40. The van der Waals surface area contributed by atoms with E-state index in [1.165, 1.54) is 71.6 Å². The van der Waals surface area contributed by atoms with Crippen molar-refractivity contribution in [2.75, 3.05) is 4.90 Å². The van der Waals surface area contributed by atoms with Gasteiger partial charge in [0.05, 0.1) is 11.0 Å². The smallest absolute Gasteiger partial charge is 0.0541 e. The van der Waals surface area contributed by atoms with Gasteiger partial charge in [0, 0.05) is 33.5 Å². The molecule has 10 rings (SSSR count). The number of hydrogen-bond acceptors (Lipinski definition) is 1. The fraction of sp³-hybridized carbons (Fsp3) is 0. The van der Waals surface area contributed by atoms with E-state index in [4.69, 9.17) is 0 Å². The Bertz CT molecular complexity index is 2890. The fourth-order valence-electron chi connectivity index (χ4n) is 7.97. The largest absolute Gasteiger partial charge is 0.311 e. The molecule has 0 saturated heterocycles. The summed E-state index contributed by atoms with van der Waals surface area (Å²) in [4.78, 5) is 2.33. The fourth-order valence-corrected chi connectivity index (χ4v) is 7.97. The van der Waals surface area contributed by atoms with Gasteiger partial charge in [0.1, 0.15) is 0 Å². The Morgan fingerprint density at radius 1 is 0.296 bits per heavy atom.